The zero-order valence-electron chi connectivity index (χ0n) is 11.3. The molecule has 0 aliphatic rings. The normalized spacial score (nSPS) is 11.7. The van der Waals surface area contributed by atoms with E-state index < -0.39 is 0 Å². The standard InChI is InChI=1S/C15H19NOS.ClH/c1-3-12(16)10-14-8-9-15(18-14)11-4-6-13(17-2)7-5-11;/h4-9,12H,3,10,16H2,1-2H3;1H. The molecule has 1 aromatic carbocycles. The molecule has 0 bridgehead atoms. The molecule has 19 heavy (non-hydrogen) atoms. The number of thiophene rings is 1. The van der Waals surface area contributed by atoms with Crippen LogP contribution in [0.1, 0.15) is 18.2 Å². The Kier molecular flexibility index (Phi) is 6.35. The number of halogens is 1. The molecule has 1 unspecified atom stereocenters. The molecule has 104 valence electrons. The molecule has 4 heteroatoms. The topological polar surface area (TPSA) is 35.2 Å². The van der Waals surface area contributed by atoms with E-state index in [2.05, 4.69) is 31.2 Å². The highest BCUT2D eigenvalue weighted by molar-refractivity contribution is 7.15. The van der Waals surface area contributed by atoms with Crippen LogP contribution in [0.5, 0.6) is 5.75 Å². The van der Waals surface area contributed by atoms with Crippen molar-refractivity contribution in [1.29, 1.82) is 0 Å². The van der Waals surface area contributed by atoms with Gasteiger partial charge in [-0.25, -0.2) is 0 Å². The molecule has 2 rings (SSSR count). The van der Waals surface area contributed by atoms with E-state index in [0.29, 0.717) is 0 Å². The third-order valence-corrected chi connectivity index (χ3v) is 4.18. The van der Waals surface area contributed by atoms with Crippen molar-refractivity contribution in [3.05, 3.63) is 41.3 Å². The molecule has 0 aliphatic heterocycles. The maximum atomic E-state index is 5.98. The summed E-state index contributed by atoms with van der Waals surface area (Å²) in [4.78, 5) is 2.64. The van der Waals surface area contributed by atoms with Crippen LogP contribution >= 0.6 is 23.7 Å². The predicted octanol–water partition coefficient (Wildman–Crippen LogP) is 4.13. The third-order valence-electron chi connectivity index (χ3n) is 3.02. The maximum absolute atomic E-state index is 5.98. The Morgan fingerprint density at radius 1 is 1.16 bits per heavy atom. The van der Waals surface area contributed by atoms with Gasteiger partial charge in [0.25, 0.3) is 0 Å². The number of rotatable bonds is 5. The van der Waals surface area contributed by atoms with Crippen molar-refractivity contribution in [2.24, 2.45) is 5.73 Å². The smallest absolute Gasteiger partial charge is 0.118 e. The zero-order valence-corrected chi connectivity index (χ0v) is 12.9. The molecule has 0 spiro atoms. The van der Waals surface area contributed by atoms with Crippen molar-refractivity contribution in [2.45, 2.75) is 25.8 Å². The molecule has 2 aromatic rings. The summed E-state index contributed by atoms with van der Waals surface area (Å²) in [7, 11) is 1.68. The van der Waals surface area contributed by atoms with Gasteiger partial charge in [0, 0.05) is 15.8 Å². The molecule has 0 amide bonds. The minimum absolute atomic E-state index is 0. The Morgan fingerprint density at radius 2 is 1.84 bits per heavy atom. The highest BCUT2D eigenvalue weighted by Gasteiger charge is 2.06. The minimum atomic E-state index is 0. The largest absolute Gasteiger partial charge is 0.497 e. The van der Waals surface area contributed by atoms with Crippen LogP contribution < -0.4 is 10.5 Å². The first kappa shape index (κ1) is 16.0. The zero-order chi connectivity index (χ0) is 13.0. The monoisotopic (exact) mass is 297 g/mol. The van der Waals surface area contributed by atoms with E-state index in [1.807, 2.05) is 23.5 Å². The number of ether oxygens (including phenoxy) is 1. The molecule has 2 N–H and O–H groups in total. The summed E-state index contributed by atoms with van der Waals surface area (Å²) in [5.41, 5.74) is 7.21. The number of methoxy groups -OCH3 is 1. The summed E-state index contributed by atoms with van der Waals surface area (Å²) >= 11 is 1.82. The molecule has 1 heterocycles. The van der Waals surface area contributed by atoms with Gasteiger partial charge in [0.1, 0.15) is 5.75 Å². The van der Waals surface area contributed by atoms with Gasteiger partial charge in [0.05, 0.1) is 7.11 Å². The van der Waals surface area contributed by atoms with Gasteiger partial charge in [-0.15, -0.1) is 23.7 Å². The SMILES string of the molecule is CCC(N)Cc1ccc(-c2ccc(OC)cc2)s1.Cl. The average Bonchev–Trinajstić information content (AvgIpc) is 2.87. The first-order valence-electron chi connectivity index (χ1n) is 6.21. The van der Waals surface area contributed by atoms with Gasteiger partial charge in [-0.3, -0.25) is 0 Å². The molecule has 0 radical (unpaired) electrons. The van der Waals surface area contributed by atoms with Crippen molar-refractivity contribution >= 4 is 23.7 Å². The molecule has 0 fully saturated rings. The van der Waals surface area contributed by atoms with E-state index in [0.717, 1.165) is 18.6 Å². The van der Waals surface area contributed by atoms with Crippen molar-refractivity contribution in [1.82, 2.24) is 0 Å². The summed E-state index contributed by atoms with van der Waals surface area (Å²) in [5, 5.41) is 0. The van der Waals surface area contributed by atoms with Gasteiger partial charge >= 0.3 is 0 Å². The number of benzene rings is 1. The maximum Gasteiger partial charge on any atom is 0.118 e. The van der Waals surface area contributed by atoms with Gasteiger partial charge in [-0.05, 0) is 54.8 Å². The molecule has 0 aliphatic carbocycles. The van der Waals surface area contributed by atoms with Gasteiger partial charge in [-0.1, -0.05) is 6.92 Å². The Morgan fingerprint density at radius 3 is 2.42 bits per heavy atom. The summed E-state index contributed by atoms with van der Waals surface area (Å²) in [6, 6.07) is 12.8. The molecule has 2 nitrogen and oxygen atoms in total. The van der Waals surface area contributed by atoms with Crippen LogP contribution in [0.4, 0.5) is 0 Å². The van der Waals surface area contributed by atoms with Crippen LogP contribution in [0.25, 0.3) is 10.4 Å². The molecule has 0 saturated heterocycles. The van der Waals surface area contributed by atoms with Gasteiger partial charge in [0.15, 0.2) is 0 Å². The number of hydrogen-bond acceptors (Lipinski definition) is 3. The second-order valence-corrected chi connectivity index (χ2v) is 5.54. The van der Waals surface area contributed by atoms with E-state index in [9.17, 15) is 0 Å². The van der Waals surface area contributed by atoms with Gasteiger partial charge in [-0.2, -0.15) is 0 Å². The lowest BCUT2D eigenvalue weighted by atomic mass is 10.1. The summed E-state index contributed by atoms with van der Waals surface area (Å²) < 4.78 is 5.16. The Balaban J connectivity index is 0.00000180. The fraction of sp³-hybridized carbons (Fsp3) is 0.333. The molecule has 1 aromatic heterocycles. The Hall–Kier alpha value is -1.03. The van der Waals surface area contributed by atoms with Crippen LogP contribution in [-0.4, -0.2) is 13.2 Å². The van der Waals surface area contributed by atoms with Crippen molar-refractivity contribution in [2.75, 3.05) is 7.11 Å². The van der Waals surface area contributed by atoms with Crippen molar-refractivity contribution < 1.29 is 4.74 Å². The van der Waals surface area contributed by atoms with Crippen molar-refractivity contribution in [3.8, 4) is 16.2 Å². The van der Waals surface area contributed by atoms with Crippen LogP contribution in [0.3, 0.4) is 0 Å². The highest BCUT2D eigenvalue weighted by atomic mass is 35.5. The summed E-state index contributed by atoms with van der Waals surface area (Å²) in [5.74, 6) is 0.892. The highest BCUT2D eigenvalue weighted by Crippen LogP contribution is 2.30. The lowest BCUT2D eigenvalue weighted by Crippen LogP contribution is -2.20. The molecule has 1 atom stereocenters. The second kappa shape index (κ2) is 7.53. The van der Waals surface area contributed by atoms with E-state index >= 15 is 0 Å². The third kappa shape index (κ3) is 4.23. The summed E-state index contributed by atoms with van der Waals surface area (Å²) in [6.45, 7) is 2.13. The van der Waals surface area contributed by atoms with Crippen LogP contribution in [-0.2, 0) is 6.42 Å². The molecule has 0 saturated carbocycles. The van der Waals surface area contributed by atoms with E-state index in [-0.39, 0.29) is 18.4 Å². The average molecular weight is 298 g/mol. The van der Waals surface area contributed by atoms with E-state index in [4.69, 9.17) is 10.5 Å². The minimum Gasteiger partial charge on any atom is -0.497 e. The van der Waals surface area contributed by atoms with Crippen LogP contribution in [0.2, 0.25) is 0 Å². The molecular formula is C15H20ClNOS. The fourth-order valence-electron chi connectivity index (χ4n) is 1.80. The van der Waals surface area contributed by atoms with E-state index in [1.165, 1.54) is 15.3 Å². The fourth-order valence-corrected chi connectivity index (χ4v) is 2.91. The van der Waals surface area contributed by atoms with Crippen molar-refractivity contribution in [3.63, 3.8) is 0 Å². The van der Waals surface area contributed by atoms with Crippen LogP contribution in [0, 0.1) is 0 Å². The first-order valence-corrected chi connectivity index (χ1v) is 7.03. The Labute approximate surface area is 125 Å². The Bertz CT molecular complexity index is 495. The number of nitrogens with two attached hydrogens (primary N) is 1. The first-order chi connectivity index (χ1) is 8.72. The van der Waals surface area contributed by atoms with E-state index in [1.54, 1.807) is 7.11 Å². The lowest BCUT2D eigenvalue weighted by Gasteiger charge is -2.05. The van der Waals surface area contributed by atoms with Gasteiger partial charge < -0.3 is 10.5 Å². The quantitative estimate of drug-likeness (QED) is 0.901. The summed E-state index contributed by atoms with van der Waals surface area (Å²) in [6.07, 6.45) is 1.99. The number of hydrogen-bond donors (Lipinski definition) is 1. The van der Waals surface area contributed by atoms with Gasteiger partial charge in [0.2, 0.25) is 0 Å². The lowest BCUT2D eigenvalue weighted by molar-refractivity contribution is 0.415. The van der Waals surface area contributed by atoms with Crippen LogP contribution in [0.15, 0.2) is 36.4 Å². The second-order valence-electron chi connectivity index (χ2n) is 4.37. The predicted molar refractivity (Wildman–Crippen MR) is 85.5 cm³/mol. The molecular weight excluding hydrogens is 278 g/mol.